The Balaban J connectivity index is 2.18. The van der Waals surface area contributed by atoms with Crippen molar-refractivity contribution >= 4 is 5.91 Å². The zero-order valence-corrected chi connectivity index (χ0v) is 8.25. The van der Waals surface area contributed by atoms with Gasteiger partial charge in [-0.3, -0.25) is 9.69 Å². The number of carbonyl (C=O) groups excluding carboxylic acids is 1. The molecule has 0 aromatic rings. The minimum Gasteiger partial charge on any atom is -0.369 e. The van der Waals surface area contributed by atoms with E-state index in [9.17, 15) is 4.79 Å². The molecule has 1 aliphatic rings. The topological polar surface area (TPSA) is 58.4 Å². The van der Waals surface area contributed by atoms with Crippen molar-refractivity contribution in [1.29, 1.82) is 0 Å². The fraction of sp³-hybridized carbons (Fsp3) is 0.889. The molecule has 0 radical (unpaired) electrons. The van der Waals surface area contributed by atoms with E-state index in [-0.39, 0.29) is 5.91 Å². The highest BCUT2D eigenvalue weighted by Crippen LogP contribution is 2.15. The van der Waals surface area contributed by atoms with Crippen molar-refractivity contribution in [3.05, 3.63) is 0 Å². The van der Waals surface area contributed by atoms with E-state index in [1.807, 2.05) is 7.05 Å². The molecule has 76 valence electrons. The van der Waals surface area contributed by atoms with Gasteiger partial charge in [0.25, 0.3) is 0 Å². The van der Waals surface area contributed by atoms with Gasteiger partial charge in [-0.05, 0) is 45.4 Å². The monoisotopic (exact) mass is 185 g/mol. The maximum Gasteiger partial charge on any atom is 0.231 e. The SMILES string of the molecule is CNCC1CCN(CC(N)=O)CC1. The highest BCUT2D eigenvalue weighted by Gasteiger charge is 2.18. The molecule has 4 heteroatoms. The summed E-state index contributed by atoms with van der Waals surface area (Å²) in [7, 11) is 1.98. The zero-order valence-electron chi connectivity index (χ0n) is 8.25. The van der Waals surface area contributed by atoms with E-state index < -0.39 is 0 Å². The molecule has 1 heterocycles. The molecule has 0 saturated carbocycles. The normalized spacial score (nSPS) is 20.4. The van der Waals surface area contributed by atoms with Crippen LogP contribution in [0.25, 0.3) is 0 Å². The van der Waals surface area contributed by atoms with Crippen LogP contribution in [0.4, 0.5) is 0 Å². The molecule has 1 rings (SSSR count). The van der Waals surface area contributed by atoms with Crippen LogP contribution in [-0.2, 0) is 4.79 Å². The molecular formula is C9H19N3O. The van der Waals surface area contributed by atoms with Crippen molar-refractivity contribution in [2.45, 2.75) is 12.8 Å². The average Bonchev–Trinajstić information content (AvgIpc) is 2.08. The number of likely N-dealkylation sites (tertiary alicyclic amines) is 1. The lowest BCUT2D eigenvalue weighted by molar-refractivity contribution is -0.119. The van der Waals surface area contributed by atoms with Crippen LogP contribution in [0.1, 0.15) is 12.8 Å². The first-order valence-electron chi connectivity index (χ1n) is 4.87. The van der Waals surface area contributed by atoms with Gasteiger partial charge in [-0.1, -0.05) is 0 Å². The fourth-order valence-electron chi connectivity index (χ4n) is 1.86. The Kier molecular flexibility index (Phi) is 4.18. The van der Waals surface area contributed by atoms with Gasteiger partial charge in [0.05, 0.1) is 6.54 Å². The lowest BCUT2D eigenvalue weighted by Crippen LogP contribution is -2.41. The highest BCUT2D eigenvalue weighted by atomic mass is 16.1. The molecule has 4 nitrogen and oxygen atoms in total. The average molecular weight is 185 g/mol. The molecule has 0 bridgehead atoms. The lowest BCUT2D eigenvalue weighted by Gasteiger charge is -2.30. The van der Waals surface area contributed by atoms with E-state index in [1.165, 1.54) is 12.8 Å². The van der Waals surface area contributed by atoms with E-state index in [0.717, 1.165) is 25.6 Å². The number of rotatable bonds is 4. The van der Waals surface area contributed by atoms with Gasteiger partial charge in [0, 0.05) is 0 Å². The first kappa shape index (κ1) is 10.5. The molecule has 0 spiro atoms. The predicted octanol–water partition coefficient (Wildman–Crippen LogP) is -0.597. The van der Waals surface area contributed by atoms with Crippen LogP contribution >= 0.6 is 0 Å². The van der Waals surface area contributed by atoms with E-state index in [1.54, 1.807) is 0 Å². The highest BCUT2D eigenvalue weighted by molar-refractivity contribution is 5.75. The molecule has 1 amide bonds. The molecule has 3 N–H and O–H groups in total. The number of hydrogen-bond donors (Lipinski definition) is 2. The molecule has 13 heavy (non-hydrogen) atoms. The van der Waals surface area contributed by atoms with Gasteiger partial charge in [0.2, 0.25) is 5.91 Å². The summed E-state index contributed by atoms with van der Waals surface area (Å²) in [5, 5.41) is 3.18. The summed E-state index contributed by atoms with van der Waals surface area (Å²) in [6.45, 7) is 3.53. The Bertz CT molecular complexity index is 164. The quantitative estimate of drug-likeness (QED) is 0.615. The second-order valence-electron chi connectivity index (χ2n) is 3.74. The molecule has 0 aromatic carbocycles. The minimum absolute atomic E-state index is 0.216. The number of amides is 1. The second-order valence-corrected chi connectivity index (χ2v) is 3.74. The molecule has 0 atom stereocenters. The number of carbonyl (C=O) groups is 1. The van der Waals surface area contributed by atoms with E-state index in [2.05, 4.69) is 10.2 Å². The Hall–Kier alpha value is -0.610. The van der Waals surface area contributed by atoms with Gasteiger partial charge in [0.15, 0.2) is 0 Å². The Morgan fingerprint density at radius 3 is 2.62 bits per heavy atom. The predicted molar refractivity (Wildman–Crippen MR) is 52.3 cm³/mol. The summed E-state index contributed by atoms with van der Waals surface area (Å²) >= 11 is 0. The van der Waals surface area contributed by atoms with Gasteiger partial charge < -0.3 is 11.1 Å². The van der Waals surface area contributed by atoms with Crippen molar-refractivity contribution in [2.24, 2.45) is 11.7 Å². The Morgan fingerprint density at radius 1 is 1.54 bits per heavy atom. The van der Waals surface area contributed by atoms with Crippen molar-refractivity contribution in [3.63, 3.8) is 0 Å². The van der Waals surface area contributed by atoms with Crippen molar-refractivity contribution in [3.8, 4) is 0 Å². The zero-order chi connectivity index (χ0) is 9.68. The lowest BCUT2D eigenvalue weighted by atomic mass is 9.97. The summed E-state index contributed by atoms with van der Waals surface area (Å²) in [6.07, 6.45) is 2.35. The molecule has 1 fully saturated rings. The maximum atomic E-state index is 10.6. The number of piperidine rings is 1. The van der Waals surface area contributed by atoms with E-state index >= 15 is 0 Å². The molecule has 0 unspecified atom stereocenters. The number of hydrogen-bond acceptors (Lipinski definition) is 3. The maximum absolute atomic E-state index is 10.6. The summed E-state index contributed by atoms with van der Waals surface area (Å²) < 4.78 is 0. The molecule has 0 aromatic heterocycles. The van der Waals surface area contributed by atoms with Crippen LogP contribution < -0.4 is 11.1 Å². The van der Waals surface area contributed by atoms with Crippen molar-refractivity contribution in [1.82, 2.24) is 10.2 Å². The molecule has 1 aliphatic heterocycles. The van der Waals surface area contributed by atoms with Crippen LogP contribution in [0.5, 0.6) is 0 Å². The first-order chi connectivity index (χ1) is 6.22. The number of nitrogens with zero attached hydrogens (tertiary/aromatic N) is 1. The van der Waals surface area contributed by atoms with Gasteiger partial charge in [-0.15, -0.1) is 0 Å². The Labute approximate surface area is 79.5 Å². The minimum atomic E-state index is -0.216. The van der Waals surface area contributed by atoms with Gasteiger partial charge in [-0.2, -0.15) is 0 Å². The second kappa shape index (κ2) is 5.19. The first-order valence-corrected chi connectivity index (χ1v) is 4.87. The number of nitrogens with one attached hydrogen (secondary N) is 1. The third-order valence-electron chi connectivity index (χ3n) is 2.58. The molecular weight excluding hydrogens is 166 g/mol. The van der Waals surface area contributed by atoms with E-state index in [0.29, 0.717) is 6.54 Å². The third kappa shape index (κ3) is 3.74. The summed E-state index contributed by atoms with van der Waals surface area (Å²) in [4.78, 5) is 12.8. The summed E-state index contributed by atoms with van der Waals surface area (Å²) in [5.41, 5.74) is 5.12. The number of nitrogens with two attached hydrogens (primary N) is 1. The standard InChI is InChI=1S/C9H19N3O/c1-11-6-8-2-4-12(5-3-8)7-9(10)13/h8,11H,2-7H2,1H3,(H2,10,13). The van der Waals surface area contributed by atoms with Crippen molar-refractivity contribution < 1.29 is 4.79 Å². The third-order valence-corrected chi connectivity index (χ3v) is 2.58. The van der Waals surface area contributed by atoms with Crippen LogP contribution in [0.3, 0.4) is 0 Å². The summed E-state index contributed by atoms with van der Waals surface area (Å²) in [6, 6.07) is 0. The van der Waals surface area contributed by atoms with Gasteiger partial charge in [0.1, 0.15) is 0 Å². The molecule has 1 saturated heterocycles. The van der Waals surface area contributed by atoms with Gasteiger partial charge >= 0.3 is 0 Å². The van der Waals surface area contributed by atoms with Crippen molar-refractivity contribution in [2.75, 3.05) is 33.2 Å². The van der Waals surface area contributed by atoms with Crippen LogP contribution in [0.2, 0.25) is 0 Å². The fourth-order valence-corrected chi connectivity index (χ4v) is 1.86. The Morgan fingerprint density at radius 2 is 2.15 bits per heavy atom. The van der Waals surface area contributed by atoms with Crippen LogP contribution in [-0.4, -0.2) is 44.0 Å². The summed E-state index contributed by atoms with van der Waals surface area (Å²) in [5.74, 6) is 0.557. The smallest absolute Gasteiger partial charge is 0.231 e. The van der Waals surface area contributed by atoms with E-state index in [4.69, 9.17) is 5.73 Å². The van der Waals surface area contributed by atoms with Crippen LogP contribution in [0, 0.1) is 5.92 Å². The number of primary amides is 1. The van der Waals surface area contributed by atoms with Gasteiger partial charge in [-0.25, -0.2) is 0 Å². The van der Waals surface area contributed by atoms with Crippen LogP contribution in [0.15, 0.2) is 0 Å². The molecule has 0 aliphatic carbocycles. The largest absolute Gasteiger partial charge is 0.369 e.